The number of halogens is 2. The Balaban J connectivity index is 1.41. The summed E-state index contributed by atoms with van der Waals surface area (Å²) in [6.07, 6.45) is 17.9. The van der Waals surface area contributed by atoms with Crippen LogP contribution in [-0.4, -0.2) is 0 Å². The fraction of sp³-hybridized carbons (Fsp3) is 0.600. The SMILES string of the molecule is CCCC1CCC(C2CCC(/C=C/C#Cc3ccc(F)c(F)c3)CC2)CC1. The molecule has 0 aromatic heterocycles. The maximum atomic E-state index is 13.2. The van der Waals surface area contributed by atoms with E-state index in [4.69, 9.17) is 0 Å². The highest BCUT2D eigenvalue weighted by Crippen LogP contribution is 2.42. The lowest BCUT2D eigenvalue weighted by Gasteiger charge is -2.37. The van der Waals surface area contributed by atoms with Gasteiger partial charge >= 0.3 is 0 Å². The van der Waals surface area contributed by atoms with Crippen LogP contribution in [0.2, 0.25) is 0 Å². The van der Waals surface area contributed by atoms with E-state index in [1.54, 1.807) is 0 Å². The Morgan fingerprint density at radius 2 is 1.59 bits per heavy atom. The van der Waals surface area contributed by atoms with Crippen molar-refractivity contribution >= 4 is 0 Å². The average molecular weight is 371 g/mol. The van der Waals surface area contributed by atoms with Crippen molar-refractivity contribution in [3.63, 3.8) is 0 Å². The summed E-state index contributed by atoms with van der Waals surface area (Å²) in [4.78, 5) is 0. The molecule has 0 N–H and O–H groups in total. The highest BCUT2D eigenvalue weighted by atomic mass is 19.2. The van der Waals surface area contributed by atoms with Crippen molar-refractivity contribution in [2.45, 2.75) is 71.1 Å². The minimum absolute atomic E-state index is 0.515. The molecule has 3 rings (SSSR count). The van der Waals surface area contributed by atoms with Gasteiger partial charge in [0, 0.05) is 5.56 Å². The van der Waals surface area contributed by atoms with Gasteiger partial charge in [0.25, 0.3) is 0 Å². The van der Waals surface area contributed by atoms with E-state index in [9.17, 15) is 8.78 Å². The van der Waals surface area contributed by atoms with Crippen LogP contribution in [0.1, 0.15) is 76.7 Å². The van der Waals surface area contributed by atoms with Gasteiger partial charge in [-0.05, 0) is 86.5 Å². The smallest absolute Gasteiger partial charge is 0.160 e. The van der Waals surface area contributed by atoms with Gasteiger partial charge < -0.3 is 0 Å². The molecular weight excluding hydrogens is 338 g/mol. The standard InChI is InChI=1S/C25H32F2/c1-2-5-19-8-13-22(14-9-19)23-15-10-20(11-16-23)6-3-4-7-21-12-17-24(26)25(27)18-21/h3,6,12,17-20,22-23H,2,5,8-11,13-16H2,1H3/b6-3+. The monoisotopic (exact) mass is 370 g/mol. The molecule has 2 aliphatic carbocycles. The summed E-state index contributed by atoms with van der Waals surface area (Å²) in [5.41, 5.74) is 0.515. The molecular formula is C25H32F2. The first kappa shape index (κ1) is 20.1. The number of hydrogen-bond donors (Lipinski definition) is 0. The van der Waals surface area contributed by atoms with Gasteiger partial charge in [0.15, 0.2) is 11.6 Å². The van der Waals surface area contributed by atoms with Gasteiger partial charge in [-0.3, -0.25) is 0 Å². The molecule has 0 nitrogen and oxygen atoms in total. The van der Waals surface area contributed by atoms with Gasteiger partial charge in [-0.2, -0.15) is 0 Å². The quantitative estimate of drug-likeness (QED) is 0.488. The molecule has 2 fully saturated rings. The Labute approximate surface area is 163 Å². The lowest BCUT2D eigenvalue weighted by Crippen LogP contribution is -2.25. The van der Waals surface area contributed by atoms with Gasteiger partial charge in [-0.25, -0.2) is 8.78 Å². The fourth-order valence-corrected chi connectivity index (χ4v) is 5.05. The van der Waals surface area contributed by atoms with Crippen molar-refractivity contribution in [1.29, 1.82) is 0 Å². The molecule has 0 bridgehead atoms. The zero-order chi connectivity index (χ0) is 19.1. The number of rotatable bonds is 4. The first-order valence-corrected chi connectivity index (χ1v) is 10.8. The Kier molecular flexibility index (Phi) is 7.50. The minimum atomic E-state index is -0.840. The molecule has 2 saturated carbocycles. The van der Waals surface area contributed by atoms with Gasteiger partial charge in [0.1, 0.15) is 0 Å². The fourth-order valence-electron chi connectivity index (χ4n) is 5.05. The van der Waals surface area contributed by atoms with Crippen LogP contribution >= 0.6 is 0 Å². The third-order valence-electron chi connectivity index (χ3n) is 6.66. The van der Waals surface area contributed by atoms with Crippen molar-refractivity contribution in [3.05, 3.63) is 47.5 Å². The van der Waals surface area contributed by atoms with Crippen LogP contribution in [0.4, 0.5) is 8.78 Å². The highest BCUT2D eigenvalue weighted by Gasteiger charge is 2.29. The zero-order valence-corrected chi connectivity index (χ0v) is 16.5. The van der Waals surface area contributed by atoms with Crippen LogP contribution in [-0.2, 0) is 0 Å². The third kappa shape index (κ3) is 5.93. The van der Waals surface area contributed by atoms with Crippen molar-refractivity contribution in [1.82, 2.24) is 0 Å². The van der Waals surface area contributed by atoms with E-state index in [0.717, 1.165) is 29.9 Å². The first-order chi connectivity index (χ1) is 13.2. The van der Waals surface area contributed by atoms with E-state index >= 15 is 0 Å². The summed E-state index contributed by atoms with van der Waals surface area (Å²) in [6.45, 7) is 2.31. The molecule has 0 atom stereocenters. The maximum absolute atomic E-state index is 13.2. The molecule has 146 valence electrons. The van der Waals surface area contributed by atoms with Crippen molar-refractivity contribution in [3.8, 4) is 11.8 Å². The molecule has 0 aliphatic heterocycles. The summed E-state index contributed by atoms with van der Waals surface area (Å²) in [6, 6.07) is 3.79. The molecule has 2 aliphatic rings. The lowest BCUT2D eigenvalue weighted by molar-refractivity contribution is 0.152. The Hall–Kier alpha value is -1.62. The number of allylic oxidation sites excluding steroid dienone is 2. The van der Waals surface area contributed by atoms with Gasteiger partial charge in [0.2, 0.25) is 0 Å². The van der Waals surface area contributed by atoms with E-state index in [2.05, 4.69) is 24.8 Å². The molecule has 0 saturated heterocycles. The summed E-state index contributed by atoms with van der Waals surface area (Å²) in [5, 5.41) is 0. The molecule has 27 heavy (non-hydrogen) atoms. The molecule has 0 unspecified atom stereocenters. The number of benzene rings is 1. The molecule has 0 amide bonds. The molecule has 0 radical (unpaired) electrons. The van der Waals surface area contributed by atoms with Crippen LogP contribution < -0.4 is 0 Å². The first-order valence-electron chi connectivity index (χ1n) is 10.8. The summed E-state index contributed by atoms with van der Waals surface area (Å²) >= 11 is 0. The minimum Gasteiger partial charge on any atom is -0.204 e. The van der Waals surface area contributed by atoms with E-state index < -0.39 is 11.6 Å². The average Bonchev–Trinajstić information content (AvgIpc) is 2.69. The van der Waals surface area contributed by atoms with E-state index in [0.29, 0.717) is 11.5 Å². The van der Waals surface area contributed by atoms with Crippen molar-refractivity contribution in [2.75, 3.05) is 0 Å². The zero-order valence-electron chi connectivity index (χ0n) is 16.5. The van der Waals surface area contributed by atoms with Gasteiger partial charge in [-0.15, -0.1) is 0 Å². The van der Waals surface area contributed by atoms with Crippen LogP contribution in [0.15, 0.2) is 30.4 Å². The van der Waals surface area contributed by atoms with Crippen LogP contribution in [0, 0.1) is 47.1 Å². The highest BCUT2D eigenvalue weighted by molar-refractivity contribution is 5.37. The van der Waals surface area contributed by atoms with E-state index in [1.807, 2.05) is 6.08 Å². The number of hydrogen-bond acceptors (Lipinski definition) is 0. The lowest BCUT2D eigenvalue weighted by atomic mass is 9.69. The molecule has 1 aromatic carbocycles. The summed E-state index contributed by atoms with van der Waals surface area (Å²) in [7, 11) is 0. The Morgan fingerprint density at radius 3 is 2.22 bits per heavy atom. The predicted octanol–water partition coefficient (Wildman–Crippen LogP) is 7.29. The van der Waals surface area contributed by atoms with E-state index in [-0.39, 0.29) is 0 Å². The largest absolute Gasteiger partial charge is 0.204 e. The Bertz CT molecular complexity index is 678. The molecule has 0 heterocycles. The van der Waals surface area contributed by atoms with Crippen molar-refractivity contribution in [2.24, 2.45) is 23.7 Å². The van der Waals surface area contributed by atoms with Crippen LogP contribution in [0.5, 0.6) is 0 Å². The third-order valence-corrected chi connectivity index (χ3v) is 6.66. The Morgan fingerprint density at radius 1 is 0.926 bits per heavy atom. The summed E-state index contributed by atoms with van der Waals surface area (Å²) < 4.78 is 26.1. The second-order valence-corrected chi connectivity index (χ2v) is 8.50. The topological polar surface area (TPSA) is 0 Å². The van der Waals surface area contributed by atoms with E-state index in [1.165, 1.54) is 70.3 Å². The molecule has 1 aromatic rings. The molecule has 0 spiro atoms. The summed E-state index contributed by atoms with van der Waals surface area (Å²) in [5.74, 6) is 7.71. The predicted molar refractivity (Wildman–Crippen MR) is 108 cm³/mol. The van der Waals surface area contributed by atoms with Crippen molar-refractivity contribution < 1.29 is 8.78 Å². The normalized spacial score (nSPS) is 28.7. The van der Waals surface area contributed by atoms with Crippen LogP contribution in [0.3, 0.4) is 0 Å². The van der Waals surface area contributed by atoms with Crippen LogP contribution in [0.25, 0.3) is 0 Å². The van der Waals surface area contributed by atoms with Gasteiger partial charge in [-0.1, -0.05) is 50.5 Å². The molecule has 2 heteroatoms. The second-order valence-electron chi connectivity index (χ2n) is 8.50. The second kappa shape index (κ2) is 10.1. The maximum Gasteiger partial charge on any atom is 0.160 e. The van der Waals surface area contributed by atoms with Gasteiger partial charge in [0.05, 0.1) is 0 Å².